The molecule has 2 rings (SSSR count). The van der Waals surface area contributed by atoms with Crippen LogP contribution in [0.3, 0.4) is 0 Å². The molecule has 0 aliphatic rings. The van der Waals surface area contributed by atoms with Crippen LogP contribution in [0, 0.1) is 6.92 Å². The van der Waals surface area contributed by atoms with E-state index >= 15 is 0 Å². The number of aromatic nitrogens is 1. The fourth-order valence-electron chi connectivity index (χ4n) is 1.59. The van der Waals surface area contributed by atoms with Crippen LogP contribution in [-0.4, -0.2) is 11.0 Å². The quantitative estimate of drug-likeness (QED) is 0.894. The van der Waals surface area contributed by atoms with E-state index in [0.29, 0.717) is 5.82 Å². The van der Waals surface area contributed by atoms with Crippen LogP contribution >= 0.6 is 15.9 Å². The lowest BCUT2D eigenvalue weighted by Gasteiger charge is -2.04. The first-order valence-electron chi connectivity index (χ1n) is 6.07. The van der Waals surface area contributed by atoms with Gasteiger partial charge in [-0.15, -0.1) is 0 Å². The number of hydrogen-bond acceptors (Lipinski definition) is 2. The first-order chi connectivity index (χ1) is 9.63. The Morgan fingerprint density at radius 3 is 2.80 bits per heavy atom. The highest BCUT2D eigenvalue weighted by Gasteiger charge is 1.99. The summed E-state index contributed by atoms with van der Waals surface area (Å²) in [6.45, 7) is 1.87. The highest BCUT2D eigenvalue weighted by atomic mass is 79.9. The first-order valence-corrected chi connectivity index (χ1v) is 6.86. The number of urea groups is 1. The zero-order chi connectivity index (χ0) is 14.4. The lowest BCUT2D eigenvalue weighted by molar-refractivity contribution is 0.255. The maximum atomic E-state index is 11.7. The Hall–Kier alpha value is -2.14. The second-order valence-electron chi connectivity index (χ2n) is 4.15. The second-order valence-corrected chi connectivity index (χ2v) is 5.07. The maximum absolute atomic E-state index is 11.7. The van der Waals surface area contributed by atoms with Crippen LogP contribution in [0.25, 0.3) is 6.08 Å². The number of hydrogen-bond donors (Lipinski definition) is 2. The molecule has 1 aromatic heterocycles. The molecule has 0 fully saturated rings. The zero-order valence-corrected chi connectivity index (χ0v) is 12.5. The van der Waals surface area contributed by atoms with Gasteiger partial charge in [0.1, 0.15) is 5.82 Å². The van der Waals surface area contributed by atoms with Crippen LogP contribution in [0.1, 0.15) is 11.3 Å². The number of rotatable bonds is 3. The van der Waals surface area contributed by atoms with Crippen molar-refractivity contribution in [1.82, 2.24) is 10.3 Å². The summed E-state index contributed by atoms with van der Waals surface area (Å²) in [5.41, 5.74) is 1.85. The van der Waals surface area contributed by atoms with Crippen LogP contribution in [0.2, 0.25) is 0 Å². The smallest absolute Gasteiger partial charge is 0.314 e. The Morgan fingerprint density at radius 2 is 2.05 bits per heavy atom. The Kier molecular flexibility index (Phi) is 4.90. The van der Waals surface area contributed by atoms with Crippen LogP contribution in [0.15, 0.2) is 53.1 Å². The van der Waals surface area contributed by atoms with E-state index < -0.39 is 0 Å². The number of carbonyl (C=O) groups is 1. The maximum Gasteiger partial charge on any atom is 0.324 e. The summed E-state index contributed by atoms with van der Waals surface area (Å²) in [4.78, 5) is 15.8. The minimum absolute atomic E-state index is 0.325. The topological polar surface area (TPSA) is 54.0 Å². The minimum Gasteiger partial charge on any atom is -0.314 e. The van der Waals surface area contributed by atoms with E-state index in [0.717, 1.165) is 15.7 Å². The molecule has 1 aromatic carbocycles. The number of pyridine rings is 1. The summed E-state index contributed by atoms with van der Waals surface area (Å²) in [7, 11) is 0. The minimum atomic E-state index is -0.325. The number of nitrogens with one attached hydrogen (secondary N) is 2. The summed E-state index contributed by atoms with van der Waals surface area (Å²) in [5, 5.41) is 5.29. The van der Waals surface area contributed by atoms with Crippen molar-refractivity contribution < 1.29 is 4.79 Å². The molecule has 2 amide bonds. The molecule has 2 aromatic rings. The van der Waals surface area contributed by atoms with Crippen LogP contribution in [-0.2, 0) is 0 Å². The number of aryl methyl sites for hydroxylation is 1. The molecule has 5 heteroatoms. The van der Waals surface area contributed by atoms with Gasteiger partial charge < -0.3 is 5.32 Å². The fourth-order valence-corrected chi connectivity index (χ4v) is 2.01. The Labute approximate surface area is 126 Å². The van der Waals surface area contributed by atoms with Crippen LogP contribution in [0.5, 0.6) is 0 Å². The summed E-state index contributed by atoms with van der Waals surface area (Å²) in [6, 6.07) is 12.9. The summed E-state index contributed by atoms with van der Waals surface area (Å²) >= 11 is 3.39. The average Bonchev–Trinajstić information content (AvgIpc) is 2.38. The van der Waals surface area contributed by atoms with Crippen molar-refractivity contribution in [2.24, 2.45) is 0 Å². The van der Waals surface area contributed by atoms with Crippen molar-refractivity contribution in [1.29, 1.82) is 0 Å². The van der Waals surface area contributed by atoms with Gasteiger partial charge in [-0.05, 0) is 42.8 Å². The van der Waals surface area contributed by atoms with Crippen molar-refractivity contribution in [3.05, 3.63) is 64.4 Å². The van der Waals surface area contributed by atoms with Gasteiger partial charge in [-0.1, -0.05) is 34.1 Å². The first kappa shape index (κ1) is 14.3. The molecule has 0 unspecified atom stereocenters. The molecule has 0 spiro atoms. The SMILES string of the molecule is Cc1cccc(NC(=O)N/C=C/c2cccc(Br)c2)n1. The van der Waals surface area contributed by atoms with E-state index in [1.165, 1.54) is 0 Å². The Balaban J connectivity index is 1.89. The normalized spacial score (nSPS) is 10.5. The monoisotopic (exact) mass is 331 g/mol. The Morgan fingerprint density at radius 1 is 1.25 bits per heavy atom. The van der Waals surface area contributed by atoms with Gasteiger partial charge in [0.2, 0.25) is 0 Å². The van der Waals surface area contributed by atoms with E-state index in [2.05, 4.69) is 31.5 Å². The van der Waals surface area contributed by atoms with Gasteiger partial charge in [0.25, 0.3) is 0 Å². The van der Waals surface area contributed by atoms with Crippen LogP contribution in [0.4, 0.5) is 10.6 Å². The van der Waals surface area contributed by atoms with Gasteiger partial charge in [0.15, 0.2) is 0 Å². The molecule has 0 aliphatic carbocycles. The van der Waals surface area contributed by atoms with Crippen LogP contribution < -0.4 is 10.6 Å². The van der Waals surface area contributed by atoms with Crippen molar-refractivity contribution in [3.8, 4) is 0 Å². The standard InChI is InChI=1S/C15H14BrN3O/c1-11-4-2-7-14(18-11)19-15(20)17-9-8-12-5-3-6-13(16)10-12/h2-10H,1H3,(H2,17,18,19,20)/b9-8+. The number of nitrogens with zero attached hydrogens (tertiary/aromatic N) is 1. The molecular weight excluding hydrogens is 318 g/mol. The van der Waals surface area contributed by atoms with E-state index in [1.54, 1.807) is 12.3 Å². The number of benzene rings is 1. The summed E-state index contributed by atoms with van der Waals surface area (Å²) in [6.07, 6.45) is 3.40. The van der Waals surface area contributed by atoms with Gasteiger partial charge in [0, 0.05) is 16.4 Å². The molecule has 0 saturated carbocycles. The van der Waals surface area contributed by atoms with Crippen molar-refractivity contribution in [3.63, 3.8) is 0 Å². The highest BCUT2D eigenvalue weighted by molar-refractivity contribution is 9.10. The molecule has 102 valence electrons. The molecule has 0 radical (unpaired) electrons. The number of carbonyl (C=O) groups excluding carboxylic acids is 1. The Bertz CT molecular complexity index is 641. The van der Waals surface area contributed by atoms with Crippen molar-refractivity contribution in [2.45, 2.75) is 6.92 Å². The predicted octanol–water partition coefficient (Wildman–Crippen LogP) is 3.94. The molecule has 2 N–H and O–H groups in total. The van der Waals surface area contributed by atoms with Gasteiger partial charge in [-0.2, -0.15) is 0 Å². The highest BCUT2D eigenvalue weighted by Crippen LogP contribution is 2.12. The van der Waals surface area contributed by atoms with E-state index in [1.807, 2.05) is 49.4 Å². The molecule has 0 atom stereocenters. The van der Waals surface area contributed by atoms with Gasteiger partial charge >= 0.3 is 6.03 Å². The lowest BCUT2D eigenvalue weighted by atomic mass is 10.2. The lowest BCUT2D eigenvalue weighted by Crippen LogP contribution is -2.24. The fraction of sp³-hybridized carbons (Fsp3) is 0.0667. The molecule has 0 saturated heterocycles. The van der Waals surface area contributed by atoms with E-state index in [9.17, 15) is 4.79 Å². The van der Waals surface area contributed by atoms with Gasteiger partial charge in [-0.25, -0.2) is 9.78 Å². The number of amides is 2. The molecular formula is C15H14BrN3O. The molecule has 4 nitrogen and oxygen atoms in total. The van der Waals surface area contributed by atoms with Gasteiger partial charge in [0.05, 0.1) is 0 Å². The molecule has 0 bridgehead atoms. The second kappa shape index (κ2) is 6.86. The van der Waals surface area contributed by atoms with Crippen molar-refractivity contribution >= 4 is 33.9 Å². The molecule has 1 heterocycles. The molecule has 20 heavy (non-hydrogen) atoms. The third-order valence-electron chi connectivity index (χ3n) is 2.47. The largest absolute Gasteiger partial charge is 0.324 e. The molecule has 0 aliphatic heterocycles. The predicted molar refractivity (Wildman–Crippen MR) is 84.3 cm³/mol. The van der Waals surface area contributed by atoms with E-state index in [-0.39, 0.29) is 6.03 Å². The third-order valence-corrected chi connectivity index (χ3v) is 2.96. The third kappa shape index (κ3) is 4.51. The van der Waals surface area contributed by atoms with Crippen molar-refractivity contribution in [2.75, 3.05) is 5.32 Å². The summed E-state index contributed by atoms with van der Waals surface area (Å²) < 4.78 is 0.994. The number of anilines is 1. The zero-order valence-electron chi connectivity index (χ0n) is 10.9. The number of halogens is 1. The summed E-state index contributed by atoms with van der Waals surface area (Å²) in [5.74, 6) is 0.526. The average molecular weight is 332 g/mol. The van der Waals surface area contributed by atoms with E-state index in [4.69, 9.17) is 0 Å². The van der Waals surface area contributed by atoms with Gasteiger partial charge in [-0.3, -0.25) is 5.32 Å².